The third-order valence-electron chi connectivity index (χ3n) is 3.53. The number of nitrogens with one attached hydrogen (secondary N) is 1. The van der Waals surface area contributed by atoms with Gasteiger partial charge in [0.15, 0.2) is 0 Å². The first kappa shape index (κ1) is 15.8. The van der Waals surface area contributed by atoms with Gasteiger partial charge in [-0.1, -0.05) is 20.3 Å². The zero-order chi connectivity index (χ0) is 14.4. The highest BCUT2D eigenvalue weighted by Crippen LogP contribution is 2.15. The second-order valence-corrected chi connectivity index (χ2v) is 5.43. The van der Waals surface area contributed by atoms with E-state index < -0.39 is 18.1 Å². The Morgan fingerprint density at radius 3 is 2.63 bits per heavy atom. The van der Waals surface area contributed by atoms with Crippen LogP contribution in [0.4, 0.5) is 4.79 Å². The summed E-state index contributed by atoms with van der Waals surface area (Å²) in [5.74, 6) is -1.22. The predicted octanol–water partition coefficient (Wildman–Crippen LogP) is 1.31. The lowest BCUT2D eigenvalue weighted by Gasteiger charge is -2.32. The lowest BCUT2D eigenvalue weighted by molar-refractivity contribution is -0.140. The Labute approximate surface area is 114 Å². The van der Waals surface area contributed by atoms with Gasteiger partial charge in [0.2, 0.25) is 0 Å². The van der Waals surface area contributed by atoms with Crippen LogP contribution in [0.3, 0.4) is 0 Å². The molecule has 1 heterocycles. The molecule has 6 nitrogen and oxygen atoms in total. The number of carboxylic acids is 1. The molecule has 6 heteroatoms. The molecule has 2 unspecified atom stereocenters. The molecule has 110 valence electrons. The molecule has 2 atom stereocenters. The standard InChI is InChI=1S/C13H24N2O4/c1-9(2)11(12(16)17)14-13(18)19-8-10-6-4-5-7-15(10)3/h9-11H,4-8H2,1-3H3,(H,14,18)(H,16,17). The number of amides is 1. The van der Waals surface area contributed by atoms with Crippen LogP contribution in [0.25, 0.3) is 0 Å². The normalized spacial score (nSPS) is 22.0. The van der Waals surface area contributed by atoms with E-state index in [-0.39, 0.29) is 12.0 Å². The van der Waals surface area contributed by atoms with Gasteiger partial charge in [-0.2, -0.15) is 0 Å². The summed E-state index contributed by atoms with van der Waals surface area (Å²) in [5.41, 5.74) is 0. The highest BCUT2D eigenvalue weighted by Gasteiger charge is 2.25. The molecule has 1 amide bonds. The van der Waals surface area contributed by atoms with E-state index in [9.17, 15) is 9.59 Å². The maximum Gasteiger partial charge on any atom is 0.407 e. The SMILES string of the molecule is CC(C)C(NC(=O)OCC1CCCCN1C)C(=O)O. The molecule has 0 bridgehead atoms. The van der Waals surface area contributed by atoms with Crippen molar-refractivity contribution in [1.82, 2.24) is 10.2 Å². The minimum absolute atomic E-state index is 0.178. The molecular weight excluding hydrogens is 248 g/mol. The number of carboxylic acid groups (broad SMARTS) is 1. The lowest BCUT2D eigenvalue weighted by atomic mass is 10.0. The summed E-state index contributed by atoms with van der Waals surface area (Å²) in [6.07, 6.45) is 2.67. The smallest absolute Gasteiger partial charge is 0.407 e. The number of carbonyl (C=O) groups excluding carboxylic acids is 1. The van der Waals surface area contributed by atoms with Gasteiger partial charge in [-0.05, 0) is 32.4 Å². The van der Waals surface area contributed by atoms with Crippen molar-refractivity contribution in [3.63, 3.8) is 0 Å². The number of likely N-dealkylation sites (tertiary alicyclic amines) is 1. The number of aliphatic carboxylic acids is 1. The van der Waals surface area contributed by atoms with Gasteiger partial charge >= 0.3 is 12.1 Å². The minimum atomic E-state index is -1.04. The predicted molar refractivity (Wildman–Crippen MR) is 71.0 cm³/mol. The Morgan fingerprint density at radius 1 is 1.42 bits per heavy atom. The Balaban J connectivity index is 2.36. The Morgan fingerprint density at radius 2 is 2.11 bits per heavy atom. The highest BCUT2D eigenvalue weighted by molar-refractivity contribution is 5.80. The van der Waals surface area contributed by atoms with Crippen molar-refractivity contribution in [3.05, 3.63) is 0 Å². The zero-order valence-corrected chi connectivity index (χ0v) is 11.9. The number of carbonyl (C=O) groups is 2. The molecule has 0 aromatic rings. The van der Waals surface area contributed by atoms with Crippen molar-refractivity contribution >= 4 is 12.1 Å². The van der Waals surface area contributed by atoms with Crippen molar-refractivity contribution in [2.24, 2.45) is 5.92 Å². The van der Waals surface area contributed by atoms with Crippen molar-refractivity contribution in [1.29, 1.82) is 0 Å². The van der Waals surface area contributed by atoms with Crippen LogP contribution in [0.2, 0.25) is 0 Å². The molecule has 0 saturated carbocycles. The third kappa shape index (κ3) is 5.06. The Hall–Kier alpha value is -1.30. The van der Waals surface area contributed by atoms with Gasteiger partial charge in [-0.25, -0.2) is 9.59 Å². The van der Waals surface area contributed by atoms with Gasteiger partial charge in [0.1, 0.15) is 12.6 Å². The topological polar surface area (TPSA) is 78.9 Å². The van der Waals surface area contributed by atoms with Crippen LogP contribution in [-0.4, -0.2) is 54.4 Å². The maximum absolute atomic E-state index is 11.6. The molecule has 19 heavy (non-hydrogen) atoms. The van der Waals surface area contributed by atoms with Gasteiger partial charge in [0.25, 0.3) is 0 Å². The molecule has 0 aromatic carbocycles. The number of hydrogen-bond acceptors (Lipinski definition) is 4. The van der Waals surface area contributed by atoms with E-state index in [2.05, 4.69) is 10.2 Å². The monoisotopic (exact) mass is 272 g/mol. The van der Waals surface area contributed by atoms with E-state index in [0.717, 1.165) is 19.4 Å². The number of ether oxygens (including phenoxy) is 1. The van der Waals surface area contributed by atoms with Gasteiger partial charge < -0.3 is 20.1 Å². The minimum Gasteiger partial charge on any atom is -0.480 e. The second-order valence-electron chi connectivity index (χ2n) is 5.43. The fourth-order valence-corrected chi connectivity index (χ4v) is 2.21. The molecule has 2 N–H and O–H groups in total. The number of alkyl carbamates (subject to hydrolysis) is 1. The Bertz CT molecular complexity index is 320. The number of nitrogens with zero attached hydrogens (tertiary/aromatic N) is 1. The first-order valence-corrected chi connectivity index (χ1v) is 6.78. The van der Waals surface area contributed by atoms with E-state index in [1.807, 2.05) is 7.05 Å². The fourth-order valence-electron chi connectivity index (χ4n) is 2.21. The average molecular weight is 272 g/mol. The molecule has 1 saturated heterocycles. The van der Waals surface area contributed by atoms with Gasteiger partial charge in [0, 0.05) is 6.04 Å². The number of piperidine rings is 1. The van der Waals surface area contributed by atoms with Crippen molar-refractivity contribution in [2.75, 3.05) is 20.2 Å². The van der Waals surface area contributed by atoms with Gasteiger partial charge in [-0.15, -0.1) is 0 Å². The highest BCUT2D eigenvalue weighted by atomic mass is 16.5. The van der Waals surface area contributed by atoms with Crippen LogP contribution in [0.15, 0.2) is 0 Å². The number of likely N-dealkylation sites (N-methyl/N-ethyl adjacent to an activating group) is 1. The number of hydrogen-bond donors (Lipinski definition) is 2. The van der Waals surface area contributed by atoms with Crippen LogP contribution < -0.4 is 5.32 Å². The zero-order valence-electron chi connectivity index (χ0n) is 11.9. The molecule has 1 aliphatic rings. The van der Waals surface area contributed by atoms with E-state index in [4.69, 9.17) is 9.84 Å². The molecule has 1 rings (SSSR count). The third-order valence-corrected chi connectivity index (χ3v) is 3.53. The summed E-state index contributed by atoms with van der Waals surface area (Å²) in [4.78, 5) is 24.7. The molecule has 1 aliphatic heterocycles. The molecule has 0 aliphatic carbocycles. The second kappa shape index (κ2) is 7.33. The summed E-state index contributed by atoms with van der Waals surface area (Å²) in [6, 6.07) is -0.668. The first-order valence-electron chi connectivity index (χ1n) is 6.78. The van der Waals surface area contributed by atoms with Gasteiger partial charge in [0.05, 0.1) is 0 Å². The first-order chi connectivity index (χ1) is 8.91. The van der Waals surface area contributed by atoms with E-state index in [0.29, 0.717) is 6.61 Å². The van der Waals surface area contributed by atoms with Crippen LogP contribution >= 0.6 is 0 Å². The largest absolute Gasteiger partial charge is 0.480 e. The maximum atomic E-state index is 11.6. The van der Waals surface area contributed by atoms with Crippen molar-refractivity contribution in [3.8, 4) is 0 Å². The number of rotatable bonds is 5. The molecule has 1 fully saturated rings. The van der Waals surface area contributed by atoms with E-state index in [1.54, 1.807) is 13.8 Å². The summed E-state index contributed by atoms with van der Waals surface area (Å²) in [5, 5.41) is 11.4. The Kier molecular flexibility index (Phi) is 6.08. The van der Waals surface area contributed by atoms with E-state index in [1.165, 1.54) is 6.42 Å². The summed E-state index contributed by atoms with van der Waals surface area (Å²) in [7, 11) is 2.01. The summed E-state index contributed by atoms with van der Waals surface area (Å²) in [6.45, 7) is 4.81. The van der Waals surface area contributed by atoms with Gasteiger partial charge in [-0.3, -0.25) is 0 Å². The van der Waals surface area contributed by atoms with Crippen LogP contribution in [-0.2, 0) is 9.53 Å². The fraction of sp³-hybridized carbons (Fsp3) is 0.846. The summed E-state index contributed by atoms with van der Waals surface area (Å²) >= 11 is 0. The lowest BCUT2D eigenvalue weighted by Crippen LogP contribution is -2.46. The quantitative estimate of drug-likeness (QED) is 0.789. The van der Waals surface area contributed by atoms with Crippen molar-refractivity contribution < 1.29 is 19.4 Å². The molecular formula is C13H24N2O4. The van der Waals surface area contributed by atoms with E-state index >= 15 is 0 Å². The average Bonchev–Trinajstić information content (AvgIpc) is 2.34. The summed E-state index contributed by atoms with van der Waals surface area (Å²) < 4.78 is 5.13. The van der Waals surface area contributed by atoms with Crippen LogP contribution in [0, 0.1) is 5.92 Å². The van der Waals surface area contributed by atoms with Crippen LogP contribution in [0.1, 0.15) is 33.1 Å². The van der Waals surface area contributed by atoms with Crippen LogP contribution in [0.5, 0.6) is 0 Å². The molecule has 0 spiro atoms. The molecule has 0 aromatic heterocycles. The molecule has 0 radical (unpaired) electrons. The van der Waals surface area contributed by atoms with Crippen molar-refractivity contribution in [2.45, 2.75) is 45.2 Å².